The van der Waals surface area contributed by atoms with E-state index in [4.69, 9.17) is 5.14 Å². The van der Waals surface area contributed by atoms with Gasteiger partial charge in [0.1, 0.15) is 0 Å². The van der Waals surface area contributed by atoms with Crippen molar-refractivity contribution in [2.45, 2.75) is 17.5 Å². The van der Waals surface area contributed by atoms with Gasteiger partial charge in [0.2, 0.25) is 15.9 Å². The molecule has 0 unspecified atom stereocenters. The highest BCUT2D eigenvalue weighted by Gasteiger charge is 2.30. The van der Waals surface area contributed by atoms with E-state index in [9.17, 15) is 26.4 Å². The minimum absolute atomic E-state index is 0.000642. The normalized spacial score (nSPS) is 12.3. The highest BCUT2D eigenvalue weighted by molar-refractivity contribution is 7.89. The molecule has 0 saturated carbocycles. The average molecular weight is 398 g/mol. The number of alkyl halides is 3. The molecule has 5 nitrogen and oxygen atoms in total. The zero-order valence-corrected chi connectivity index (χ0v) is 14.8. The summed E-state index contributed by atoms with van der Waals surface area (Å²) in [7, 11) is -3.75. The number of carbonyl (C=O) groups excluding carboxylic acids is 1. The highest BCUT2D eigenvalue weighted by Crippen LogP contribution is 2.29. The molecule has 0 aliphatic carbocycles. The van der Waals surface area contributed by atoms with Crippen LogP contribution in [0.5, 0.6) is 0 Å². The molecular weight excluding hydrogens is 381 g/mol. The zero-order chi connectivity index (χ0) is 20.1. The van der Waals surface area contributed by atoms with Crippen molar-refractivity contribution in [3.05, 3.63) is 71.3 Å². The van der Waals surface area contributed by atoms with Crippen LogP contribution in [-0.4, -0.2) is 20.9 Å². The molecule has 144 valence electrons. The van der Waals surface area contributed by atoms with Gasteiger partial charge < -0.3 is 5.32 Å². The predicted octanol–water partition coefficient (Wildman–Crippen LogP) is 2.72. The summed E-state index contributed by atoms with van der Waals surface area (Å²) >= 11 is 0. The molecule has 0 bridgehead atoms. The Kier molecular flexibility index (Phi) is 6.40. The van der Waals surface area contributed by atoms with E-state index >= 15 is 0 Å². The summed E-state index contributed by atoms with van der Waals surface area (Å²) in [5, 5.41) is 7.61. The lowest BCUT2D eigenvalue weighted by Crippen LogP contribution is -2.23. The molecular formula is C18H17F3N2O3S. The average Bonchev–Trinajstić information content (AvgIpc) is 2.59. The largest absolute Gasteiger partial charge is 0.416 e. The molecule has 3 N–H and O–H groups in total. The maximum absolute atomic E-state index is 12.6. The number of halogens is 3. The molecule has 2 aromatic rings. The predicted molar refractivity (Wildman–Crippen MR) is 95.0 cm³/mol. The van der Waals surface area contributed by atoms with Gasteiger partial charge >= 0.3 is 6.18 Å². The molecule has 9 heteroatoms. The van der Waals surface area contributed by atoms with Gasteiger partial charge in [-0.05, 0) is 47.9 Å². The third-order valence-corrected chi connectivity index (χ3v) is 4.54. The van der Waals surface area contributed by atoms with Crippen LogP contribution in [0.15, 0.2) is 59.5 Å². The maximum atomic E-state index is 12.6. The van der Waals surface area contributed by atoms with Crippen molar-refractivity contribution >= 4 is 22.0 Å². The van der Waals surface area contributed by atoms with Crippen LogP contribution in [0, 0.1) is 0 Å². The Hall–Kier alpha value is -2.65. The molecule has 0 aromatic heterocycles. The van der Waals surface area contributed by atoms with E-state index in [1.54, 1.807) is 12.1 Å². The lowest BCUT2D eigenvalue weighted by molar-refractivity contribution is -0.137. The molecule has 0 aliphatic heterocycles. The molecule has 0 atom stereocenters. The molecule has 0 saturated heterocycles. The first-order chi connectivity index (χ1) is 12.6. The standard InChI is InChI=1S/C18H17F3N2O3S/c19-18(20,21)15-3-1-2-14(12-15)6-9-17(24)23-11-10-13-4-7-16(8-5-13)27(22,25)26/h1-9,12H,10-11H2,(H,23,24)(H2,22,25,26)/b9-6+. The molecule has 0 spiro atoms. The Balaban J connectivity index is 1.87. The second-order valence-electron chi connectivity index (χ2n) is 5.69. The van der Waals surface area contributed by atoms with Crippen molar-refractivity contribution in [2.75, 3.05) is 6.54 Å². The van der Waals surface area contributed by atoms with Crippen LogP contribution in [0.4, 0.5) is 13.2 Å². The van der Waals surface area contributed by atoms with Crippen LogP contribution in [0.2, 0.25) is 0 Å². The summed E-state index contributed by atoms with van der Waals surface area (Å²) in [5.41, 5.74) is 0.274. The summed E-state index contributed by atoms with van der Waals surface area (Å²) in [6.45, 7) is 0.278. The molecule has 2 rings (SSSR count). The number of amides is 1. The smallest absolute Gasteiger partial charge is 0.352 e. The number of carbonyl (C=O) groups is 1. The number of nitrogens with two attached hydrogens (primary N) is 1. The van der Waals surface area contributed by atoms with Gasteiger partial charge in [0.15, 0.2) is 0 Å². The van der Waals surface area contributed by atoms with Gasteiger partial charge in [0.25, 0.3) is 0 Å². The Morgan fingerprint density at radius 3 is 2.37 bits per heavy atom. The van der Waals surface area contributed by atoms with Gasteiger partial charge in [-0.3, -0.25) is 4.79 Å². The number of hydrogen-bond donors (Lipinski definition) is 2. The van der Waals surface area contributed by atoms with Crippen LogP contribution < -0.4 is 10.5 Å². The summed E-state index contributed by atoms with van der Waals surface area (Å²) in [6.07, 6.45) is -1.54. The Morgan fingerprint density at radius 2 is 1.78 bits per heavy atom. The van der Waals surface area contributed by atoms with Crippen molar-refractivity contribution in [3.8, 4) is 0 Å². The van der Waals surface area contributed by atoms with Crippen molar-refractivity contribution in [1.29, 1.82) is 0 Å². The molecule has 0 aliphatic rings. The van der Waals surface area contributed by atoms with E-state index in [0.29, 0.717) is 6.42 Å². The van der Waals surface area contributed by atoms with Gasteiger partial charge in [-0.1, -0.05) is 24.3 Å². The van der Waals surface area contributed by atoms with Crippen LogP contribution in [0.1, 0.15) is 16.7 Å². The molecule has 2 aromatic carbocycles. The van der Waals surface area contributed by atoms with Gasteiger partial charge in [0, 0.05) is 12.6 Å². The van der Waals surface area contributed by atoms with Crippen molar-refractivity contribution in [3.63, 3.8) is 0 Å². The fraction of sp³-hybridized carbons (Fsp3) is 0.167. The first-order valence-electron chi connectivity index (χ1n) is 7.80. The van der Waals surface area contributed by atoms with E-state index in [1.807, 2.05) is 0 Å². The van der Waals surface area contributed by atoms with E-state index < -0.39 is 27.7 Å². The fourth-order valence-electron chi connectivity index (χ4n) is 2.23. The minimum atomic E-state index is -4.44. The topological polar surface area (TPSA) is 89.3 Å². The highest BCUT2D eigenvalue weighted by atomic mass is 32.2. The van der Waals surface area contributed by atoms with Gasteiger partial charge in [0.05, 0.1) is 10.5 Å². The van der Waals surface area contributed by atoms with Crippen LogP contribution in [-0.2, 0) is 27.4 Å². The van der Waals surface area contributed by atoms with E-state index in [0.717, 1.165) is 23.8 Å². The number of nitrogens with one attached hydrogen (secondary N) is 1. The monoisotopic (exact) mass is 398 g/mol. The SMILES string of the molecule is NS(=O)(=O)c1ccc(CCNC(=O)/C=C/c2cccc(C(F)(F)F)c2)cc1. The van der Waals surface area contributed by atoms with E-state index in [2.05, 4.69) is 5.32 Å². The third kappa shape index (κ3) is 6.54. The van der Waals surface area contributed by atoms with Crippen LogP contribution >= 0.6 is 0 Å². The minimum Gasteiger partial charge on any atom is -0.352 e. The number of sulfonamides is 1. The summed E-state index contributed by atoms with van der Waals surface area (Å²) < 4.78 is 60.2. The lowest BCUT2D eigenvalue weighted by atomic mass is 10.1. The van der Waals surface area contributed by atoms with E-state index in [1.165, 1.54) is 30.3 Å². The molecule has 0 radical (unpaired) electrons. The molecule has 0 heterocycles. The Labute approximate surface area is 154 Å². The summed E-state index contributed by atoms with van der Waals surface area (Å²) in [4.78, 5) is 11.8. The summed E-state index contributed by atoms with van der Waals surface area (Å²) in [6, 6.07) is 10.6. The summed E-state index contributed by atoms with van der Waals surface area (Å²) in [5.74, 6) is -0.450. The Morgan fingerprint density at radius 1 is 1.11 bits per heavy atom. The number of rotatable bonds is 6. The zero-order valence-electron chi connectivity index (χ0n) is 14.0. The lowest BCUT2D eigenvalue weighted by Gasteiger charge is -2.06. The molecule has 1 amide bonds. The number of primary sulfonamides is 1. The van der Waals surface area contributed by atoms with Gasteiger partial charge in [-0.25, -0.2) is 13.6 Å². The van der Waals surface area contributed by atoms with E-state index in [-0.39, 0.29) is 17.0 Å². The number of hydrogen-bond acceptors (Lipinski definition) is 3. The van der Waals surface area contributed by atoms with Crippen molar-refractivity contribution in [2.24, 2.45) is 5.14 Å². The van der Waals surface area contributed by atoms with Crippen LogP contribution in [0.3, 0.4) is 0 Å². The Bertz CT molecular complexity index is 937. The fourth-order valence-corrected chi connectivity index (χ4v) is 2.74. The van der Waals surface area contributed by atoms with Crippen molar-refractivity contribution < 1.29 is 26.4 Å². The van der Waals surface area contributed by atoms with Gasteiger partial charge in [-0.15, -0.1) is 0 Å². The van der Waals surface area contributed by atoms with Gasteiger partial charge in [-0.2, -0.15) is 13.2 Å². The quantitative estimate of drug-likeness (QED) is 0.734. The second kappa shape index (κ2) is 8.36. The van der Waals surface area contributed by atoms with Crippen LogP contribution in [0.25, 0.3) is 6.08 Å². The maximum Gasteiger partial charge on any atom is 0.416 e. The second-order valence-corrected chi connectivity index (χ2v) is 7.25. The first kappa shape index (κ1) is 20.7. The third-order valence-electron chi connectivity index (χ3n) is 3.61. The molecule has 27 heavy (non-hydrogen) atoms. The van der Waals surface area contributed by atoms with Crippen molar-refractivity contribution in [1.82, 2.24) is 5.32 Å². The molecule has 0 fully saturated rings. The number of benzene rings is 2. The first-order valence-corrected chi connectivity index (χ1v) is 9.35.